The van der Waals surface area contributed by atoms with Crippen molar-refractivity contribution in [3.63, 3.8) is 0 Å². The third-order valence-corrected chi connectivity index (χ3v) is 7.10. The largest absolute Gasteiger partial charge is 0.490 e. The molecule has 0 radical (unpaired) electrons. The summed E-state index contributed by atoms with van der Waals surface area (Å²) in [5.41, 5.74) is 0.455. The molecule has 1 saturated heterocycles. The first-order chi connectivity index (χ1) is 15.6. The summed E-state index contributed by atoms with van der Waals surface area (Å²) in [6.45, 7) is 1.82. The van der Waals surface area contributed by atoms with E-state index in [1.165, 1.54) is 28.4 Å². The fourth-order valence-electron chi connectivity index (χ4n) is 3.30. The Morgan fingerprint density at radius 2 is 1.70 bits per heavy atom. The van der Waals surface area contributed by atoms with Crippen LogP contribution in [0.3, 0.4) is 0 Å². The summed E-state index contributed by atoms with van der Waals surface area (Å²) < 4.78 is 36.7. The molecule has 1 fully saturated rings. The van der Waals surface area contributed by atoms with Crippen LogP contribution in [0.25, 0.3) is 0 Å². The average Bonchev–Trinajstić information content (AvgIpc) is 2.82. The van der Waals surface area contributed by atoms with Crippen molar-refractivity contribution in [2.75, 3.05) is 39.9 Å². The molecule has 12 heteroatoms. The topological polar surface area (TPSA) is 136 Å². The average molecular weight is 477 g/mol. The van der Waals surface area contributed by atoms with Gasteiger partial charge in [0.25, 0.3) is 5.91 Å². The molecule has 0 aromatic heterocycles. The second-order valence-electron chi connectivity index (χ2n) is 7.32. The number of amides is 1. The number of hydrogen-bond donors (Lipinski definition) is 0. The van der Waals surface area contributed by atoms with Crippen LogP contribution in [-0.4, -0.2) is 74.3 Å². The summed E-state index contributed by atoms with van der Waals surface area (Å²) in [5.74, 6) is -1.39. The molecule has 0 atom stereocenters. The van der Waals surface area contributed by atoms with Crippen LogP contribution >= 0.6 is 0 Å². The first kappa shape index (κ1) is 24.1. The van der Waals surface area contributed by atoms with Gasteiger partial charge in [0.15, 0.2) is 12.4 Å². The lowest BCUT2D eigenvalue weighted by Gasteiger charge is -2.33. The number of sulfonamides is 1. The van der Waals surface area contributed by atoms with Gasteiger partial charge in [0.05, 0.1) is 22.5 Å². The van der Waals surface area contributed by atoms with E-state index in [1.807, 2.05) is 6.92 Å². The van der Waals surface area contributed by atoms with E-state index in [2.05, 4.69) is 0 Å². The Kier molecular flexibility index (Phi) is 7.29. The Balaban J connectivity index is 1.55. The summed E-state index contributed by atoms with van der Waals surface area (Å²) in [4.78, 5) is 36.7. The SMILES string of the molecule is COc1ccc(C(=O)OCC(=O)N2CCN(S(=O)(=O)c3ccc(C)cc3)CC2)cc1[N+](=O)[O-]. The van der Waals surface area contributed by atoms with E-state index in [1.54, 1.807) is 24.3 Å². The molecule has 0 bridgehead atoms. The maximum atomic E-state index is 12.8. The van der Waals surface area contributed by atoms with Crippen molar-refractivity contribution in [2.24, 2.45) is 0 Å². The highest BCUT2D eigenvalue weighted by molar-refractivity contribution is 7.89. The van der Waals surface area contributed by atoms with Gasteiger partial charge in [-0.2, -0.15) is 4.31 Å². The quantitative estimate of drug-likeness (QED) is 0.333. The first-order valence-corrected chi connectivity index (χ1v) is 11.4. The van der Waals surface area contributed by atoms with Crippen LogP contribution in [-0.2, 0) is 19.6 Å². The molecule has 1 amide bonds. The van der Waals surface area contributed by atoms with Crippen molar-refractivity contribution in [3.05, 3.63) is 63.7 Å². The second-order valence-corrected chi connectivity index (χ2v) is 9.26. The lowest BCUT2D eigenvalue weighted by molar-refractivity contribution is -0.385. The van der Waals surface area contributed by atoms with Crippen molar-refractivity contribution in [1.82, 2.24) is 9.21 Å². The van der Waals surface area contributed by atoms with Gasteiger partial charge in [-0.3, -0.25) is 14.9 Å². The van der Waals surface area contributed by atoms with E-state index >= 15 is 0 Å². The minimum Gasteiger partial charge on any atom is -0.490 e. The summed E-state index contributed by atoms with van der Waals surface area (Å²) in [5, 5.41) is 11.1. The third-order valence-electron chi connectivity index (χ3n) is 5.19. The minimum atomic E-state index is -3.66. The van der Waals surface area contributed by atoms with Gasteiger partial charge < -0.3 is 14.4 Å². The molecule has 1 aliphatic heterocycles. The van der Waals surface area contributed by atoms with Crippen molar-refractivity contribution >= 4 is 27.6 Å². The molecule has 1 aliphatic rings. The molecule has 0 spiro atoms. The van der Waals surface area contributed by atoms with Gasteiger partial charge in [-0.25, -0.2) is 13.2 Å². The Bertz CT molecular complexity index is 1160. The van der Waals surface area contributed by atoms with Gasteiger partial charge in [0, 0.05) is 32.2 Å². The summed E-state index contributed by atoms with van der Waals surface area (Å²) >= 11 is 0. The van der Waals surface area contributed by atoms with Crippen molar-refractivity contribution in [1.29, 1.82) is 0 Å². The number of benzene rings is 2. The highest BCUT2D eigenvalue weighted by Crippen LogP contribution is 2.27. The van der Waals surface area contributed by atoms with Crippen molar-refractivity contribution in [2.45, 2.75) is 11.8 Å². The number of nitro groups is 1. The van der Waals surface area contributed by atoms with Crippen molar-refractivity contribution in [3.8, 4) is 5.75 Å². The number of rotatable bonds is 7. The monoisotopic (exact) mass is 477 g/mol. The van der Waals surface area contributed by atoms with Gasteiger partial charge in [0.2, 0.25) is 10.0 Å². The number of nitrogens with zero attached hydrogens (tertiary/aromatic N) is 3. The molecule has 0 aliphatic carbocycles. The number of carbonyl (C=O) groups is 2. The van der Waals surface area contributed by atoms with E-state index in [4.69, 9.17) is 9.47 Å². The number of nitro benzene ring substituents is 1. The zero-order valence-corrected chi connectivity index (χ0v) is 18.9. The number of hydrogen-bond acceptors (Lipinski definition) is 8. The fraction of sp³-hybridized carbons (Fsp3) is 0.333. The molecule has 0 N–H and O–H groups in total. The zero-order valence-electron chi connectivity index (χ0n) is 18.1. The number of esters is 1. The Morgan fingerprint density at radius 3 is 2.27 bits per heavy atom. The third kappa shape index (κ3) is 5.46. The molecule has 0 unspecified atom stereocenters. The molecule has 2 aromatic carbocycles. The van der Waals surface area contributed by atoms with E-state index < -0.39 is 39.1 Å². The molecule has 33 heavy (non-hydrogen) atoms. The smallest absolute Gasteiger partial charge is 0.338 e. The zero-order chi connectivity index (χ0) is 24.2. The van der Waals surface area contributed by atoms with Crippen LogP contribution in [0.2, 0.25) is 0 Å². The molecule has 3 rings (SSSR count). The highest BCUT2D eigenvalue weighted by atomic mass is 32.2. The number of carbonyl (C=O) groups excluding carboxylic acids is 2. The van der Waals surface area contributed by atoms with Crippen LogP contribution in [0.5, 0.6) is 5.75 Å². The van der Waals surface area contributed by atoms with E-state index in [-0.39, 0.29) is 42.4 Å². The predicted octanol–water partition coefficient (Wildman–Crippen LogP) is 1.60. The summed E-state index contributed by atoms with van der Waals surface area (Å²) in [7, 11) is -2.39. The van der Waals surface area contributed by atoms with Crippen LogP contribution in [0.4, 0.5) is 5.69 Å². The molecule has 1 heterocycles. The molecule has 176 valence electrons. The molecular formula is C21H23N3O8S. The number of ether oxygens (including phenoxy) is 2. The summed E-state index contributed by atoms with van der Waals surface area (Å²) in [6.07, 6.45) is 0. The lowest BCUT2D eigenvalue weighted by atomic mass is 10.2. The second kappa shape index (κ2) is 9.96. The number of piperazine rings is 1. The Hall–Kier alpha value is -3.51. The van der Waals surface area contributed by atoms with Crippen LogP contribution in [0.15, 0.2) is 47.4 Å². The van der Waals surface area contributed by atoms with Crippen LogP contribution < -0.4 is 4.74 Å². The normalized spacial score (nSPS) is 14.5. The number of methoxy groups -OCH3 is 1. The van der Waals surface area contributed by atoms with E-state index in [0.717, 1.165) is 11.6 Å². The maximum Gasteiger partial charge on any atom is 0.338 e. The highest BCUT2D eigenvalue weighted by Gasteiger charge is 2.30. The fourth-order valence-corrected chi connectivity index (χ4v) is 4.72. The molecule has 2 aromatic rings. The van der Waals surface area contributed by atoms with Crippen molar-refractivity contribution < 1.29 is 32.4 Å². The van der Waals surface area contributed by atoms with E-state index in [0.29, 0.717) is 0 Å². The van der Waals surface area contributed by atoms with Crippen LogP contribution in [0, 0.1) is 17.0 Å². The standard InChI is InChI=1S/C21H23N3O8S/c1-15-3-6-17(7-4-15)33(29,30)23-11-9-22(10-12-23)20(25)14-32-21(26)16-5-8-19(31-2)18(13-16)24(27)28/h3-8,13H,9-12,14H2,1-2H3. The van der Waals surface area contributed by atoms with Gasteiger partial charge >= 0.3 is 11.7 Å². The predicted molar refractivity (Wildman–Crippen MR) is 116 cm³/mol. The minimum absolute atomic E-state index is 0.00825. The molecule has 0 saturated carbocycles. The summed E-state index contributed by atoms with van der Waals surface area (Å²) in [6, 6.07) is 10.1. The Morgan fingerprint density at radius 1 is 1.06 bits per heavy atom. The number of aryl methyl sites for hydroxylation is 1. The first-order valence-electron chi connectivity index (χ1n) is 9.97. The Labute approximate surface area is 190 Å². The molecule has 11 nitrogen and oxygen atoms in total. The van der Waals surface area contributed by atoms with Gasteiger partial charge in [-0.05, 0) is 31.2 Å². The maximum absolute atomic E-state index is 12.8. The van der Waals surface area contributed by atoms with Gasteiger partial charge in [0.1, 0.15) is 0 Å². The molecular weight excluding hydrogens is 454 g/mol. The van der Waals surface area contributed by atoms with Gasteiger partial charge in [-0.1, -0.05) is 17.7 Å². The van der Waals surface area contributed by atoms with Crippen LogP contribution in [0.1, 0.15) is 15.9 Å². The lowest BCUT2D eigenvalue weighted by Crippen LogP contribution is -2.51. The van der Waals surface area contributed by atoms with Gasteiger partial charge in [-0.15, -0.1) is 0 Å². The van der Waals surface area contributed by atoms with E-state index in [9.17, 15) is 28.1 Å².